The molecule has 802 valence electrons. The highest BCUT2D eigenvalue weighted by Crippen LogP contribution is 2.38. The molecule has 6 fully saturated rings. The molecule has 0 unspecified atom stereocenters. The number of aliphatic hydroxyl groups excluding tert-OH is 2. The van der Waals surface area contributed by atoms with E-state index in [2.05, 4.69) is 106 Å². The van der Waals surface area contributed by atoms with Gasteiger partial charge in [-0.25, -0.2) is 68.3 Å². The first kappa shape index (κ1) is 112. The fourth-order valence-electron chi connectivity index (χ4n) is 13.8. The van der Waals surface area contributed by atoms with E-state index in [1.54, 1.807) is 18.1 Å². The van der Waals surface area contributed by atoms with E-state index in [1.807, 2.05) is 134 Å². The number of aryl methyl sites for hydroxylation is 3. The second-order valence-corrected chi connectivity index (χ2v) is 37.1. The Morgan fingerprint density at radius 2 is 0.607 bits per heavy atom. The Hall–Kier alpha value is -15.0. The number of methoxy groups -OCH3 is 1. The van der Waals surface area contributed by atoms with Crippen molar-refractivity contribution >= 4 is 182 Å². The number of ether oxygens (including phenoxy) is 13. The van der Waals surface area contributed by atoms with Gasteiger partial charge in [-0.3, -0.25) is 39.3 Å². The Kier molecular flexibility index (Phi) is 43.5. The predicted octanol–water partition coefficient (Wildman–Crippen LogP) is 5.27. The summed E-state index contributed by atoms with van der Waals surface area (Å²) in [5, 5.41) is 58.8. The van der Waals surface area contributed by atoms with Crippen LogP contribution < -0.4 is 46.6 Å². The number of aromatic nitrogens is 12. The van der Waals surface area contributed by atoms with Gasteiger partial charge in [0.05, 0.1) is 52.9 Å². The first-order valence-electron chi connectivity index (χ1n) is 47.8. The molecule has 6 amide bonds. The van der Waals surface area contributed by atoms with Gasteiger partial charge in [-0.2, -0.15) is 15.3 Å². The summed E-state index contributed by atoms with van der Waals surface area (Å²) in [4.78, 5) is 198. The number of hydrogen-bond acceptors (Lipinski definition) is 46. The molecule has 3 saturated carbocycles. The maximum atomic E-state index is 12.8. The highest BCUT2D eigenvalue weighted by atomic mass is 32.2. The molecule has 3 aliphatic heterocycles. The third-order valence-corrected chi connectivity index (χ3v) is 24.7. The summed E-state index contributed by atoms with van der Waals surface area (Å²) >= 11 is 4.18. The molecule has 0 atom stereocenters. The summed E-state index contributed by atoms with van der Waals surface area (Å²) in [6, 6.07) is 33.9. The number of anilines is 12. The molecule has 6 aromatic heterocycles. The van der Waals surface area contributed by atoms with Crippen molar-refractivity contribution in [3.8, 4) is 0 Å². The summed E-state index contributed by atoms with van der Waals surface area (Å²) in [6.07, 6.45) is 4.85. The average Bonchev–Trinajstić information content (AvgIpc) is 1.04. The van der Waals surface area contributed by atoms with Crippen molar-refractivity contribution in [3.05, 3.63) is 126 Å². The fraction of sp³-hybridized carbons (Fsp3) is 0.453. The molecule has 9 aromatic rings. The molecular weight excluding hydrogens is 2020 g/mol. The van der Waals surface area contributed by atoms with Crippen LogP contribution in [0, 0.1) is 38.5 Å². The number of hydrogen-bond donors (Lipinski definition) is 11. The minimum absolute atomic E-state index is 0.00299. The highest BCUT2D eigenvalue weighted by molar-refractivity contribution is 7.99. The van der Waals surface area contributed by atoms with Crippen LogP contribution in [-0.4, -0.2) is 368 Å². The number of nitrogens with zero attached hydrogens (tertiary/aromatic N) is 15. The van der Waals surface area contributed by atoms with Gasteiger partial charge in [0, 0.05) is 189 Å². The number of aliphatic hydroxyl groups is 2. The van der Waals surface area contributed by atoms with Crippen LogP contribution in [0.25, 0.3) is 0 Å². The third kappa shape index (κ3) is 38.9. The fourth-order valence-corrected chi connectivity index (χ4v) is 16.1. The molecule has 11 N–H and O–H groups in total. The van der Waals surface area contributed by atoms with E-state index in [9.17, 15) is 62.3 Å². The summed E-state index contributed by atoms with van der Waals surface area (Å²) in [5.74, 6) is -1.98. The van der Waals surface area contributed by atoms with Crippen molar-refractivity contribution in [2.45, 2.75) is 89.5 Å². The molecule has 0 radical (unpaired) electrons. The molecule has 55 heteroatoms. The number of esters is 7. The number of amides is 6. The summed E-state index contributed by atoms with van der Waals surface area (Å²) in [5.41, 5.74) is 4.95. The summed E-state index contributed by atoms with van der Waals surface area (Å²) < 4.78 is 62.7. The summed E-state index contributed by atoms with van der Waals surface area (Å²) in [6.45, 7) is 6.77. The van der Waals surface area contributed by atoms with Crippen LogP contribution in [0.2, 0.25) is 0 Å². The maximum Gasteiger partial charge on any atom is 0.410 e. The Bertz CT molecular complexity index is 6040. The third-order valence-electron chi connectivity index (χ3n) is 22.1. The van der Waals surface area contributed by atoms with Crippen LogP contribution in [-0.2, 0) is 119 Å². The lowest BCUT2D eigenvalue weighted by Crippen LogP contribution is -2.50. The Morgan fingerprint density at radius 1 is 0.327 bits per heavy atom. The Morgan fingerprint density at radius 3 is 0.887 bits per heavy atom. The average molecular weight is 2140 g/mol. The molecule has 15 rings (SSSR count). The Labute approximate surface area is 871 Å². The first-order chi connectivity index (χ1) is 72.6. The van der Waals surface area contributed by atoms with E-state index in [0.717, 1.165) is 93.3 Å². The topological polar surface area (TPSA) is 637 Å². The van der Waals surface area contributed by atoms with Crippen molar-refractivity contribution in [1.29, 1.82) is 0 Å². The SMILES string of the molecule is COCCOCCOCC(=O)N1CCN(c2cc(Nc3cc(C)[nH]n3)nc(Sc3ccc(NC(=O)C4CC4)cc3)n2)CC1.Cc1cc(Nc2cc(N3CCN(C(=O)COCCOCCO)CC3)nc(Sc3ccc(NC(=O)C4CC4)cc3)n2)n[nH]1.Cc1cc(Nc2cc(N3CCN(C(=O)OCC(=O)OCC(=O)OCC(=O)OCC(=O)OCC(=O)OCC(=O)OCC(=O)OCO)CC3)nc(Sc3ccc(NC(=O)C4CC4)cc3)n2)n[nH]1. The quantitative estimate of drug-likeness (QED) is 0.00760. The lowest BCUT2D eigenvalue weighted by atomic mass is 10.3. The maximum absolute atomic E-state index is 12.8. The highest BCUT2D eigenvalue weighted by Gasteiger charge is 2.34. The molecule has 3 aliphatic carbocycles. The first-order valence-corrected chi connectivity index (χ1v) is 50.2. The number of H-pyrrole nitrogens is 3. The molecule has 3 aromatic carbocycles. The van der Waals surface area contributed by atoms with E-state index in [-0.39, 0.29) is 86.8 Å². The zero-order valence-electron chi connectivity index (χ0n) is 82.5. The number of carbonyl (C=O) groups excluding carboxylic acids is 13. The standard InChI is InChI=1S/C38H42N8O18S.C29H38N8O5S.C28H36N8O5S/c1-22-12-27(44-43-22)40-26-13-28(42-37(41-26)65-25-6-4-24(5-7-25)39-36(55)23-2-3-23)45-8-10-46(11-9-45)38(56)63-20-34(53)61-18-32(51)59-16-30(49)57-14-29(48)58-15-31(50)60-17-33(52)62-19-35(54)64-21-47;1-20-17-25(35-34-20)31-24-18-26(36-9-11-37(12-10-36)27(38)19-42-16-15-41-14-13-40-2)33-29(32-24)43-23-7-5-22(6-8-23)30-28(39)21-3-4-21;1-19-16-24(34-33-19)30-23-17-25(35-8-10-36(11-9-35)26(38)18-41-15-14-40-13-12-37)32-28(31-23)42-22-6-4-21(5-7-22)29-27(39)20-2-3-20/h4-7,12-13,23,47H,2-3,8-11,14-21H2,1H3,(H,39,55)(H2,40,41,42,43,44);5-8,17-18,21H,3-4,9-16,19H2,1-2H3,(H,30,39)(H2,31,32,33,34,35);4-7,16-17,20,37H,2-3,8-15,18H2,1H3,(H,29,39)(H2,30,31,32,33,34). The minimum atomic E-state index is -1.21. The van der Waals surface area contributed by atoms with Crippen LogP contribution >= 0.6 is 35.3 Å². The van der Waals surface area contributed by atoms with Gasteiger partial charge >= 0.3 is 47.9 Å². The number of aromatic amines is 3. The molecule has 0 spiro atoms. The Balaban J connectivity index is 0.000000194. The van der Waals surface area contributed by atoms with Gasteiger partial charge in [0.25, 0.3) is 0 Å². The van der Waals surface area contributed by atoms with Crippen molar-refractivity contribution in [3.63, 3.8) is 0 Å². The van der Waals surface area contributed by atoms with Gasteiger partial charge < -0.3 is 133 Å². The van der Waals surface area contributed by atoms with Crippen molar-refractivity contribution in [2.75, 3.05) is 251 Å². The second-order valence-electron chi connectivity index (χ2n) is 34.0. The van der Waals surface area contributed by atoms with Crippen molar-refractivity contribution < 1.29 is 134 Å². The molecule has 6 aliphatic rings. The van der Waals surface area contributed by atoms with Crippen LogP contribution in [0.5, 0.6) is 0 Å². The zero-order valence-corrected chi connectivity index (χ0v) is 85.0. The number of benzene rings is 3. The number of nitrogens with one attached hydrogen (secondary N) is 9. The molecule has 3 saturated heterocycles. The normalized spacial score (nSPS) is 14.2. The number of piperazine rings is 3. The lowest BCUT2D eigenvalue weighted by Gasteiger charge is -2.35. The van der Waals surface area contributed by atoms with Gasteiger partial charge in [0.1, 0.15) is 48.1 Å². The van der Waals surface area contributed by atoms with E-state index < -0.39 is 101 Å². The van der Waals surface area contributed by atoms with Gasteiger partial charge in [0.15, 0.2) is 86.0 Å². The van der Waals surface area contributed by atoms with Crippen LogP contribution in [0.3, 0.4) is 0 Å². The molecule has 0 bridgehead atoms. The lowest BCUT2D eigenvalue weighted by molar-refractivity contribution is -0.172. The zero-order chi connectivity index (χ0) is 106. The van der Waals surface area contributed by atoms with Crippen LogP contribution in [0.4, 0.5) is 74.2 Å². The number of carbonyl (C=O) groups is 13. The monoisotopic (exact) mass is 2140 g/mol. The van der Waals surface area contributed by atoms with Gasteiger partial charge in [-0.05, 0) is 167 Å². The van der Waals surface area contributed by atoms with Crippen molar-refractivity contribution in [1.82, 2.24) is 75.2 Å². The molecule has 52 nitrogen and oxygen atoms in total. The number of rotatable bonds is 51. The van der Waals surface area contributed by atoms with Gasteiger partial charge in [0.2, 0.25) is 29.5 Å². The predicted molar refractivity (Wildman–Crippen MR) is 536 cm³/mol. The van der Waals surface area contributed by atoms with E-state index in [0.29, 0.717) is 167 Å². The molecular formula is C95H116N24O28S3. The smallest absolute Gasteiger partial charge is 0.410 e. The summed E-state index contributed by atoms with van der Waals surface area (Å²) in [7, 11) is 1.62. The van der Waals surface area contributed by atoms with Gasteiger partial charge in [-0.1, -0.05) is 0 Å². The largest absolute Gasteiger partial charge is 0.451 e. The van der Waals surface area contributed by atoms with E-state index in [1.165, 1.54) is 40.2 Å². The molecule has 9 heterocycles. The second kappa shape index (κ2) is 58.1. The molecule has 150 heavy (non-hydrogen) atoms. The minimum Gasteiger partial charge on any atom is -0.451 e. The van der Waals surface area contributed by atoms with Crippen molar-refractivity contribution in [2.24, 2.45) is 17.8 Å². The van der Waals surface area contributed by atoms with Gasteiger partial charge in [-0.15, -0.1) is 0 Å². The van der Waals surface area contributed by atoms with E-state index >= 15 is 0 Å². The van der Waals surface area contributed by atoms with E-state index in [4.69, 9.17) is 68.3 Å². The van der Waals surface area contributed by atoms with Crippen LogP contribution in [0.1, 0.15) is 55.6 Å². The van der Waals surface area contributed by atoms with Crippen LogP contribution in [0.15, 0.2) is 139 Å².